The summed E-state index contributed by atoms with van der Waals surface area (Å²) in [5.41, 5.74) is 2.74. The third-order valence-corrected chi connectivity index (χ3v) is 4.53. The fraction of sp³-hybridized carbons (Fsp3) is 0.273. The summed E-state index contributed by atoms with van der Waals surface area (Å²) in [6.07, 6.45) is 2.61. The fourth-order valence-corrected chi connectivity index (χ4v) is 3.01. The molecule has 0 atom stereocenters. The molecule has 0 unspecified atom stereocenters. The van der Waals surface area contributed by atoms with Gasteiger partial charge in [0.05, 0.1) is 25.5 Å². The Kier molecular flexibility index (Phi) is 8.70. The number of amides is 1. The molecule has 0 spiro atoms. The Morgan fingerprint density at radius 3 is 2.43 bits per heavy atom. The summed E-state index contributed by atoms with van der Waals surface area (Å²) in [6, 6.07) is 15.2. The van der Waals surface area contributed by atoms with Crippen LogP contribution in [0.1, 0.15) is 16.8 Å². The number of benzene rings is 2. The third kappa shape index (κ3) is 5.31. The monoisotopic (exact) mass is 430 g/mol. The van der Waals surface area contributed by atoms with Gasteiger partial charge in [0.25, 0.3) is 5.91 Å². The van der Waals surface area contributed by atoms with Gasteiger partial charge < -0.3 is 20.1 Å². The first-order valence-corrected chi connectivity index (χ1v) is 9.48. The van der Waals surface area contributed by atoms with Crippen LogP contribution in [-0.4, -0.2) is 50.0 Å². The Bertz CT molecular complexity index is 960. The minimum Gasteiger partial charge on any atom is -0.493 e. The molecule has 0 aliphatic heterocycles. The number of aromatic nitrogens is 2. The van der Waals surface area contributed by atoms with E-state index in [1.165, 1.54) is 0 Å². The highest BCUT2D eigenvalue weighted by Crippen LogP contribution is 2.33. The summed E-state index contributed by atoms with van der Waals surface area (Å²) in [5.74, 6) is 1.05. The van der Waals surface area contributed by atoms with Gasteiger partial charge in [-0.15, -0.1) is 12.4 Å². The molecule has 2 aromatic carbocycles. The number of nitrogens with one attached hydrogen (secondary N) is 2. The van der Waals surface area contributed by atoms with Crippen molar-refractivity contribution in [3.63, 3.8) is 0 Å². The maximum absolute atomic E-state index is 12.9. The van der Waals surface area contributed by atoms with E-state index in [2.05, 4.69) is 10.6 Å². The van der Waals surface area contributed by atoms with E-state index in [9.17, 15) is 4.79 Å². The summed E-state index contributed by atoms with van der Waals surface area (Å²) in [7, 11) is 5.06. The summed E-state index contributed by atoms with van der Waals surface area (Å²) in [5, 5.41) is 10.7. The zero-order valence-corrected chi connectivity index (χ0v) is 18.2. The second-order valence-electron chi connectivity index (χ2n) is 6.45. The van der Waals surface area contributed by atoms with Crippen molar-refractivity contribution in [2.24, 2.45) is 0 Å². The molecule has 1 aromatic heterocycles. The van der Waals surface area contributed by atoms with Gasteiger partial charge in [0.1, 0.15) is 5.69 Å². The molecule has 7 nitrogen and oxygen atoms in total. The Balaban J connectivity index is 0.00000320. The maximum Gasteiger partial charge on any atom is 0.255 e. The van der Waals surface area contributed by atoms with Crippen molar-refractivity contribution in [2.45, 2.75) is 6.42 Å². The molecule has 160 valence electrons. The lowest BCUT2D eigenvalue weighted by Crippen LogP contribution is -2.26. The normalized spacial score (nSPS) is 10.2. The number of carbonyl (C=O) groups is 1. The lowest BCUT2D eigenvalue weighted by Gasteiger charge is -2.09. The molecular weight excluding hydrogens is 404 g/mol. The van der Waals surface area contributed by atoms with Crippen LogP contribution in [0.2, 0.25) is 0 Å². The molecule has 30 heavy (non-hydrogen) atoms. The molecule has 0 bridgehead atoms. The standard InChI is InChI=1S/C22H26N4O3.ClH/c1-23-12-7-13-24-22(27)18-15-26(17-8-5-4-6-9-17)25-21(18)16-10-11-19(28-2)20(14-16)29-3;/h4-6,8-11,14-15,23H,7,12-13H2,1-3H3,(H,24,27);1H. The van der Waals surface area contributed by atoms with Crippen LogP contribution >= 0.6 is 12.4 Å². The van der Waals surface area contributed by atoms with E-state index in [1.807, 2.05) is 55.6 Å². The van der Waals surface area contributed by atoms with Crippen LogP contribution in [0.15, 0.2) is 54.7 Å². The number of carbonyl (C=O) groups excluding carboxylic acids is 1. The topological polar surface area (TPSA) is 77.4 Å². The number of hydrogen-bond donors (Lipinski definition) is 2. The number of rotatable bonds is 9. The predicted octanol–water partition coefficient (Wildman–Crippen LogP) is 3.32. The predicted molar refractivity (Wildman–Crippen MR) is 120 cm³/mol. The molecule has 3 aromatic rings. The Hall–Kier alpha value is -3.03. The molecular formula is C22H27ClN4O3. The van der Waals surface area contributed by atoms with E-state index in [4.69, 9.17) is 14.6 Å². The van der Waals surface area contributed by atoms with Crippen LogP contribution < -0.4 is 20.1 Å². The molecule has 1 heterocycles. The molecule has 8 heteroatoms. The van der Waals surface area contributed by atoms with Gasteiger partial charge in [0.15, 0.2) is 11.5 Å². The SMILES string of the molecule is CNCCCNC(=O)c1cn(-c2ccccc2)nc1-c1ccc(OC)c(OC)c1.Cl. The number of methoxy groups -OCH3 is 2. The quantitative estimate of drug-likeness (QED) is 0.509. The number of nitrogens with zero attached hydrogens (tertiary/aromatic N) is 2. The maximum atomic E-state index is 12.9. The molecule has 0 radical (unpaired) electrons. The fourth-order valence-electron chi connectivity index (χ4n) is 3.01. The van der Waals surface area contributed by atoms with Crippen molar-refractivity contribution in [1.29, 1.82) is 0 Å². The molecule has 1 amide bonds. The second-order valence-corrected chi connectivity index (χ2v) is 6.45. The van der Waals surface area contributed by atoms with Gasteiger partial charge in [0.2, 0.25) is 0 Å². The number of para-hydroxylation sites is 1. The van der Waals surface area contributed by atoms with Crippen LogP contribution in [0.4, 0.5) is 0 Å². The van der Waals surface area contributed by atoms with E-state index >= 15 is 0 Å². The highest BCUT2D eigenvalue weighted by Gasteiger charge is 2.19. The van der Waals surface area contributed by atoms with E-state index < -0.39 is 0 Å². The molecule has 0 saturated carbocycles. The van der Waals surface area contributed by atoms with Gasteiger partial charge in [-0.25, -0.2) is 4.68 Å². The number of ether oxygens (including phenoxy) is 2. The molecule has 0 aliphatic rings. The lowest BCUT2D eigenvalue weighted by atomic mass is 10.1. The lowest BCUT2D eigenvalue weighted by molar-refractivity contribution is 0.0954. The van der Waals surface area contributed by atoms with Gasteiger partial charge >= 0.3 is 0 Å². The van der Waals surface area contributed by atoms with Crippen LogP contribution in [-0.2, 0) is 0 Å². The number of hydrogen-bond acceptors (Lipinski definition) is 5. The van der Waals surface area contributed by atoms with E-state index in [0.717, 1.165) is 24.2 Å². The average Bonchev–Trinajstić information content (AvgIpc) is 3.22. The third-order valence-electron chi connectivity index (χ3n) is 4.53. The van der Waals surface area contributed by atoms with Crippen LogP contribution in [0.25, 0.3) is 16.9 Å². The molecule has 3 rings (SSSR count). The summed E-state index contributed by atoms with van der Waals surface area (Å²) in [6.45, 7) is 1.42. The van der Waals surface area contributed by atoms with Crippen molar-refractivity contribution in [1.82, 2.24) is 20.4 Å². The zero-order chi connectivity index (χ0) is 20.6. The van der Waals surface area contributed by atoms with E-state index in [1.54, 1.807) is 25.1 Å². The summed E-state index contributed by atoms with van der Waals surface area (Å²) >= 11 is 0. The van der Waals surface area contributed by atoms with Gasteiger partial charge in [-0.2, -0.15) is 5.10 Å². The van der Waals surface area contributed by atoms with Crippen molar-refractivity contribution >= 4 is 18.3 Å². The highest BCUT2D eigenvalue weighted by molar-refractivity contribution is 6.00. The summed E-state index contributed by atoms with van der Waals surface area (Å²) < 4.78 is 12.5. The molecule has 2 N–H and O–H groups in total. The van der Waals surface area contributed by atoms with Crippen LogP contribution in [0, 0.1) is 0 Å². The van der Waals surface area contributed by atoms with Gasteiger partial charge in [0, 0.05) is 18.3 Å². The minimum absolute atomic E-state index is 0. The van der Waals surface area contributed by atoms with Crippen molar-refractivity contribution in [3.05, 3.63) is 60.3 Å². The first kappa shape index (κ1) is 23.3. The van der Waals surface area contributed by atoms with Crippen LogP contribution in [0.3, 0.4) is 0 Å². The first-order chi connectivity index (χ1) is 14.2. The minimum atomic E-state index is -0.159. The first-order valence-electron chi connectivity index (χ1n) is 9.48. The smallest absolute Gasteiger partial charge is 0.255 e. The second kappa shape index (κ2) is 11.2. The molecule has 0 aliphatic carbocycles. The molecule has 0 saturated heterocycles. The van der Waals surface area contributed by atoms with Crippen LogP contribution in [0.5, 0.6) is 11.5 Å². The van der Waals surface area contributed by atoms with Gasteiger partial charge in [-0.3, -0.25) is 4.79 Å². The van der Waals surface area contributed by atoms with Gasteiger partial charge in [-0.05, 0) is 50.3 Å². The van der Waals surface area contributed by atoms with Crippen molar-refractivity contribution < 1.29 is 14.3 Å². The largest absolute Gasteiger partial charge is 0.493 e. The number of halogens is 1. The van der Waals surface area contributed by atoms with Crippen molar-refractivity contribution in [2.75, 3.05) is 34.4 Å². The van der Waals surface area contributed by atoms with Gasteiger partial charge in [-0.1, -0.05) is 18.2 Å². The van der Waals surface area contributed by atoms with E-state index in [0.29, 0.717) is 29.3 Å². The summed E-state index contributed by atoms with van der Waals surface area (Å²) in [4.78, 5) is 12.9. The Morgan fingerprint density at radius 2 is 1.77 bits per heavy atom. The van der Waals surface area contributed by atoms with E-state index in [-0.39, 0.29) is 18.3 Å². The average molecular weight is 431 g/mol. The van der Waals surface area contributed by atoms with Crippen molar-refractivity contribution in [3.8, 4) is 28.4 Å². The zero-order valence-electron chi connectivity index (χ0n) is 17.3. The Labute approximate surface area is 182 Å². The highest BCUT2D eigenvalue weighted by atomic mass is 35.5. The Morgan fingerprint density at radius 1 is 1.03 bits per heavy atom. The molecule has 0 fully saturated rings.